The largest absolute Gasteiger partial charge is 0.306 e. The summed E-state index contributed by atoms with van der Waals surface area (Å²) in [5.41, 5.74) is 3.26. The molecule has 0 aliphatic carbocycles. The van der Waals surface area contributed by atoms with E-state index in [0.717, 1.165) is 34.0 Å². The van der Waals surface area contributed by atoms with Gasteiger partial charge < -0.3 is 4.40 Å². The number of hydrogen-bond donors (Lipinski definition) is 0. The molecule has 0 aliphatic rings. The van der Waals surface area contributed by atoms with Crippen molar-refractivity contribution < 1.29 is 0 Å². The Morgan fingerprint density at radius 3 is 2.41 bits per heavy atom. The van der Waals surface area contributed by atoms with E-state index in [1.165, 1.54) is 10.9 Å². The maximum atomic E-state index is 4.65. The molecule has 0 spiro atoms. The third kappa shape index (κ3) is 3.90. The summed E-state index contributed by atoms with van der Waals surface area (Å²) in [5.74, 6) is 3.22. The summed E-state index contributed by atoms with van der Waals surface area (Å²) in [6.07, 6.45) is 5.90. The van der Waals surface area contributed by atoms with Gasteiger partial charge in [-0.1, -0.05) is 25.1 Å². The van der Waals surface area contributed by atoms with E-state index >= 15 is 0 Å². The predicted octanol–water partition coefficient (Wildman–Crippen LogP) is 5.75. The number of fused-ring (bicyclic) bond motifs is 3. The van der Waals surface area contributed by atoms with Crippen LogP contribution >= 0.6 is 11.8 Å². The molecule has 0 radical (unpaired) electrons. The van der Waals surface area contributed by atoms with Crippen LogP contribution < -0.4 is 0 Å². The van der Waals surface area contributed by atoms with Crippen LogP contribution in [0.1, 0.15) is 38.0 Å². The van der Waals surface area contributed by atoms with E-state index in [4.69, 9.17) is 0 Å². The van der Waals surface area contributed by atoms with Gasteiger partial charge in [0, 0.05) is 34.3 Å². The molecule has 0 atom stereocenters. The summed E-state index contributed by atoms with van der Waals surface area (Å²) in [6.45, 7) is 16.6. The monoisotopic (exact) mass is 405 g/mol. The van der Waals surface area contributed by atoms with Gasteiger partial charge in [0.2, 0.25) is 0 Å². The number of thioether (sulfide) groups is 1. The lowest BCUT2D eigenvalue weighted by atomic mass is 9.94. The third-order valence-electron chi connectivity index (χ3n) is 4.77. The first-order chi connectivity index (χ1) is 13.9. The second kappa shape index (κ2) is 8.33. The van der Waals surface area contributed by atoms with Crippen molar-refractivity contribution in [3.63, 3.8) is 0 Å². The molecule has 0 N–H and O–H groups in total. The molecule has 4 rings (SSSR count). The van der Waals surface area contributed by atoms with Gasteiger partial charge >= 0.3 is 0 Å². The Labute approximate surface area is 176 Å². The highest BCUT2D eigenvalue weighted by molar-refractivity contribution is 8.00. The first-order valence-corrected chi connectivity index (χ1v) is 10.6. The van der Waals surface area contributed by atoms with Crippen LogP contribution in [0, 0.1) is 13.8 Å². The van der Waals surface area contributed by atoms with Crippen LogP contribution in [0.2, 0.25) is 0 Å². The van der Waals surface area contributed by atoms with Gasteiger partial charge in [-0.25, -0.2) is 19.9 Å². The average Bonchev–Trinajstić information content (AvgIpc) is 3.16. The van der Waals surface area contributed by atoms with Crippen LogP contribution in [-0.2, 0) is 4.75 Å². The van der Waals surface area contributed by atoms with E-state index in [0.29, 0.717) is 5.82 Å². The molecule has 29 heavy (non-hydrogen) atoms. The Kier molecular flexibility index (Phi) is 6.03. The maximum Gasteiger partial charge on any atom is 0.165 e. The SMILES string of the molecule is C=C.CCSC(C)(C)c1cccc2c(-c3nc(C)nc(C)n3)cn3ccnc3c12. The van der Waals surface area contributed by atoms with Gasteiger partial charge in [0.25, 0.3) is 0 Å². The van der Waals surface area contributed by atoms with Crippen LogP contribution in [0.3, 0.4) is 0 Å². The van der Waals surface area contributed by atoms with Gasteiger partial charge in [-0.15, -0.1) is 13.2 Å². The first-order valence-electron chi connectivity index (χ1n) is 9.63. The van der Waals surface area contributed by atoms with Gasteiger partial charge in [0.15, 0.2) is 5.82 Å². The quantitative estimate of drug-likeness (QED) is 0.405. The van der Waals surface area contributed by atoms with Crippen molar-refractivity contribution in [1.29, 1.82) is 0 Å². The second-order valence-electron chi connectivity index (χ2n) is 7.13. The van der Waals surface area contributed by atoms with Gasteiger partial charge in [-0.2, -0.15) is 11.8 Å². The third-order valence-corrected chi connectivity index (χ3v) is 6.00. The minimum Gasteiger partial charge on any atom is -0.306 e. The lowest BCUT2D eigenvalue weighted by Crippen LogP contribution is -2.13. The molecular weight excluding hydrogens is 378 g/mol. The van der Waals surface area contributed by atoms with Gasteiger partial charge in [0.1, 0.15) is 17.3 Å². The molecule has 3 aromatic heterocycles. The molecule has 0 saturated heterocycles. The van der Waals surface area contributed by atoms with Gasteiger partial charge in [-0.3, -0.25) is 0 Å². The molecule has 0 unspecified atom stereocenters. The van der Waals surface area contributed by atoms with E-state index in [1.54, 1.807) is 0 Å². The molecule has 0 amide bonds. The fourth-order valence-corrected chi connectivity index (χ4v) is 4.74. The molecule has 0 bridgehead atoms. The lowest BCUT2D eigenvalue weighted by molar-refractivity contribution is 0.791. The Morgan fingerprint density at radius 2 is 1.76 bits per heavy atom. The minimum atomic E-state index is -0.0236. The Morgan fingerprint density at radius 1 is 1.07 bits per heavy atom. The van der Waals surface area contributed by atoms with Crippen LogP contribution in [0.15, 0.2) is 49.9 Å². The number of imidazole rings is 1. The first kappa shape index (κ1) is 21.0. The molecule has 0 saturated carbocycles. The summed E-state index contributed by atoms with van der Waals surface area (Å²) in [4.78, 5) is 18.2. The Hall–Kier alpha value is -2.73. The average molecular weight is 406 g/mol. The second-order valence-corrected chi connectivity index (χ2v) is 9.01. The molecule has 4 aromatic rings. The predicted molar refractivity (Wildman–Crippen MR) is 123 cm³/mol. The van der Waals surface area contributed by atoms with E-state index < -0.39 is 0 Å². The van der Waals surface area contributed by atoms with Crippen LogP contribution in [0.4, 0.5) is 0 Å². The van der Waals surface area contributed by atoms with Crippen molar-refractivity contribution in [2.75, 3.05) is 5.75 Å². The van der Waals surface area contributed by atoms with Crippen LogP contribution in [0.5, 0.6) is 0 Å². The fourth-order valence-electron chi connectivity index (χ4n) is 3.69. The zero-order chi connectivity index (χ0) is 21.2. The fraction of sp³-hybridized carbons (Fsp3) is 0.304. The molecular formula is C23H27N5S. The molecule has 6 heteroatoms. The van der Waals surface area contributed by atoms with Gasteiger partial charge in [0.05, 0.1) is 0 Å². The number of hydrogen-bond acceptors (Lipinski definition) is 5. The molecule has 0 aliphatic heterocycles. The summed E-state index contributed by atoms with van der Waals surface area (Å²) < 4.78 is 2.05. The molecule has 0 fully saturated rings. The summed E-state index contributed by atoms with van der Waals surface area (Å²) in [7, 11) is 0. The molecule has 150 valence electrons. The number of aryl methyl sites for hydroxylation is 2. The van der Waals surface area contributed by atoms with Crippen molar-refractivity contribution in [3.05, 3.63) is 67.2 Å². The van der Waals surface area contributed by atoms with Gasteiger partial charge in [-0.05, 0) is 44.4 Å². The zero-order valence-corrected chi connectivity index (χ0v) is 18.5. The number of aromatic nitrogens is 5. The Balaban J connectivity index is 0.00000117. The number of nitrogens with zero attached hydrogens (tertiary/aromatic N) is 5. The van der Waals surface area contributed by atoms with E-state index in [9.17, 15) is 0 Å². The van der Waals surface area contributed by atoms with Crippen molar-refractivity contribution in [1.82, 2.24) is 24.3 Å². The summed E-state index contributed by atoms with van der Waals surface area (Å²) in [6, 6.07) is 6.48. The van der Waals surface area contributed by atoms with Crippen LogP contribution in [-0.4, -0.2) is 30.1 Å². The van der Waals surface area contributed by atoms with Crippen LogP contribution in [0.25, 0.3) is 27.8 Å². The minimum absolute atomic E-state index is 0.0236. The topological polar surface area (TPSA) is 56.0 Å². The van der Waals surface area contributed by atoms with E-state index in [2.05, 4.69) is 82.7 Å². The van der Waals surface area contributed by atoms with Crippen molar-refractivity contribution in [2.24, 2.45) is 0 Å². The number of pyridine rings is 1. The molecule has 3 heterocycles. The highest BCUT2D eigenvalue weighted by atomic mass is 32.2. The summed E-state index contributed by atoms with van der Waals surface area (Å²) in [5, 5.41) is 2.29. The Bertz CT molecular complexity index is 1140. The number of benzene rings is 1. The highest BCUT2D eigenvalue weighted by Crippen LogP contribution is 2.42. The zero-order valence-electron chi connectivity index (χ0n) is 17.7. The van der Waals surface area contributed by atoms with E-state index in [-0.39, 0.29) is 4.75 Å². The van der Waals surface area contributed by atoms with E-state index in [1.807, 2.05) is 38.0 Å². The standard InChI is InChI=1S/C21H23N5S.C2H4/c1-6-27-21(4,5)17-9-7-8-15-16(19-24-13(2)23-14(3)25-19)12-26-11-10-22-20(26)18(15)17;1-2/h7-12H,6H2,1-5H3;1-2H2. The number of rotatable bonds is 4. The highest BCUT2D eigenvalue weighted by Gasteiger charge is 2.25. The van der Waals surface area contributed by atoms with Crippen molar-refractivity contribution >= 4 is 28.2 Å². The summed E-state index contributed by atoms with van der Waals surface area (Å²) >= 11 is 1.94. The lowest BCUT2D eigenvalue weighted by Gasteiger charge is -2.26. The molecule has 5 nitrogen and oxygen atoms in total. The normalized spacial score (nSPS) is 11.5. The smallest absolute Gasteiger partial charge is 0.165 e. The van der Waals surface area contributed by atoms with Crippen molar-refractivity contribution in [2.45, 2.75) is 39.4 Å². The van der Waals surface area contributed by atoms with Crippen molar-refractivity contribution in [3.8, 4) is 11.4 Å². The molecule has 1 aromatic carbocycles. The maximum absolute atomic E-state index is 4.65.